The van der Waals surface area contributed by atoms with Crippen LogP contribution in [0.5, 0.6) is 0 Å². The first-order chi connectivity index (χ1) is 24.3. The molecule has 0 N–H and O–H groups in total. The third kappa shape index (κ3) is 4.50. The maximum Gasteiger partial charge on any atom is 0.0541 e. The summed E-state index contributed by atoms with van der Waals surface area (Å²) in [6.45, 7) is 0. The highest BCUT2D eigenvalue weighted by atomic mass is 15.0. The van der Waals surface area contributed by atoms with Gasteiger partial charge in [-0.05, 0) is 113 Å². The zero-order valence-corrected chi connectivity index (χ0v) is 26.9. The molecule has 0 radical (unpaired) electrons. The van der Waals surface area contributed by atoms with Crippen LogP contribution in [0.4, 0.5) is 0 Å². The molecule has 0 fully saturated rings. The lowest BCUT2D eigenvalue weighted by Crippen LogP contribution is -1.99. The number of nitrogens with zero attached hydrogens (tertiary/aromatic N) is 2. The Hall–Kier alpha value is -6.34. The molecule has 2 nitrogen and oxygen atoms in total. The van der Waals surface area contributed by atoms with Crippen LogP contribution in [0.2, 0.25) is 0 Å². The summed E-state index contributed by atoms with van der Waals surface area (Å²) in [5.41, 5.74) is 16.8. The number of allylic oxidation sites excluding steroid dienone is 7. The molecule has 49 heavy (non-hydrogen) atoms. The molecule has 2 heterocycles. The first kappa shape index (κ1) is 27.7. The predicted molar refractivity (Wildman–Crippen MR) is 207 cm³/mol. The van der Waals surface area contributed by atoms with Gasteiger partial charge in [0.15, 0.2) is 0 Å². The van der Waals surface area contributed by atoms with Gasteiger partial charge in [-0.2, -0.15) is 0 Å². The number of benzene rings is 6. The summed E-state index contributed by atoms with van der Waals surface area (Å²) >= 11 is 0. The fourth-order valence-electron chi connectivity index (χ4n) is 7.92. The molecule has 8 aromatic rings. The molecule has 2 aliphatic carbocycles. The Balaban J connectivity index is 0.996. The van der Waals surface area contributed by atoms with Crippen LogP contribution in [0, 0.1) is 0 Å². The maximum absolute atomic E-state index is 3.19. The van der Waals surface area contributed by atoms with Crippen molar-refractivity contribution in [1.82, 2.24) is 9.13 Å². The van der Waals surface area contributed by atoms with Crippen LogP contribution < -0.4 is 0 Å². The molecule has 2 heteroatoms. The van der Waals surface area contributed by atoms with Crippen molar-refractivity contribution in [3.8, 4) is 11.4 Å². The Kier molecular flexibility index (Phi) is 6.30. The minimum absolute atomic E-state index is 0.330. The van der Waals surface area contributed by atoms with E-state index in [2.05, 4.69) is 185 Å². The summed E-state index contributed by atoms with van der Waals surface area (Å²) in [5.74, 6) is 0.330. The highest BCUT2D eigenvalue weighted by Gasteiger charge is 2.18. The fraction of sp³-hybridized carbons (Fsp3) is 0.0426. The molecule has 2 aromatic heterocycles. The SMILES string of the molecule is C1=CC=C(c2cccc(-n3c4ccccc4c4cc(C5C=CC(c6ccc7c(c6)c6ccccc6n7-c6ccccc6)=CC5)ccc43)c2)C=1. The van der Waals surface area contributed by atoms with Crippen molar-refractivity contribution in [2.75, 3.05) is 0 Å². The highest BCUT2D eigenvalue weighted by molar-refractivity contribution is 6.11. The molecule has 230 valence electrons. The van der Waals surface area contributed by atoms with E-state index >= 15 is 0 Å². The summed E-state index contributed by atoms with van der Waals surface area (Å²) < 4.78 is 4.78. The minimum Gasteiger partial charge on any atom is -0.309 e. The van der Waals surface area contributed by atoms with Gasteiger partial charge in [0, 0.05) is 38.8 Å². The molecule has 1 atom stereocenters. The van der Waals surface area contributed by atoms with Gasteiger partial charge in [-0.25, -0.2) is 0 Å². The summed E-state index contributed by atoms with van der Waals surface area (Å²) in [6, 6.07) is 51.0. The summed E-state index contributed by atoms with van der Waals surface area (Å²) in [7, 11) is 0. The molecule has 0 bridgehead atoms. The predicted octanol–water partition coefficient (Wildman–Crippen LogP) is 12.1. The van der Waals surface area contributed by atoms with Crippen molar-refractivity contribution in [1.29, 1.82) is 0 Å². The molecule has 0 amide bonds. The second-order valence-electron chi connectivity index (χ2n) is 13.1. The molecule has 10 rings (SSSR count). The quantitative estimate of drug-likeness (QED) is 0.169. The molecule has 6 aromatic carbocycles. The van der Waals surface area contributed by atoms with Gasteiger partial charge in [-0.3, -0.25) is 0 Å². The zero-order valence-electron chi connectivity index (χ0n) is 26.9. The molecule has 0 saturated carbocycles. The third-order valence-corrected chi connectivity index (χ3v) is 10.3. The number of rotatable bonds is 5. The molecule has 1 unspecified atom stereocenters. The van der Waals surface area contributed by atoms with Crippen LogP contribution in [-0.2, 0) is 0 Å². The Labute approximate surface area is 285 Å². The number of hydrogen-bond donors (Lipinski definition) is 0. The van der Waals surface area contributed by atoms with E-state index in [0.717, 1.165) is 6.42 Å². The molecular weight excluding hydrogens is 593 g/mol. The lowest BCUT2D eigenvalue weighted by atomic mass is 9.87. The van der Waals surface area contributed by atoms with Crippen molar-refractivity contribution < 1.29 is 0 Å². The normalized spacial score (nSPS) is 15.6. The third-order valence-electron chi connectivity index (χ3n) is 10.3. The van der Waals surface area contributed by atoms with Crippen molar-refractivity contribution in [2.24, 2.45) is 0 Å². The number of fused-ring (bicyclic) bond motifs is 6. The lowest BCUT2D eigenvalue weighted by Gasteiger charge is -2.18. The molecular formula is C47H32N2. The average Bonchev–Trinajstić information content (AvgIpc) is 3.91. The van der Waals surface area contributed by atoms with Gasteiger partial charge in [0.1, 0.15) is 0 Å². The van der Waals surface area contributed by atoms with E-state index < -0.39 is 0 Å². The second kappa shape index (κ2) is 11.1. The van der Waals surface area contributed by atoms with Crippen molar-refractivity contribution in [3.63, 3.8) is 0 Å². The smallest absolute Gasteiger partial charge is 0.0541 e. The van der Waals surface area contributed by atoms with E-state index in [4.69, 9.17) is 0 Å². The van der Waals surface area contributed by atoms with Gasteiger partial charge in [-0.1, -0.05) is 97.1 Å². The molecule has 2 aliphatic rings. The first-order valence-electron chi connectivity index (χ1n) is 17.0. The molecule has 0 aliphatic heterocycles. The summed E-state index contributed by atoms with van der Waals surface area (Å²) in [5, 5.41) is 5.15. The van der Waals surface area contributed by atoms with Gasteiger partial charge in [-0.15, -0.1) is 5.73 Å². The number of para-hydroxylation sites is 3. The first-order valence-corrected chi connectivity index (χ1v) is 17.0. The van der Waals surface area contributed by atoms with Crippen molar-refractivity contribution in [2.45, 2.75) is 12.3 Å². The van der Waals surface area contributed by atoms with Crippen LogP contribution in [0.15, 0.2) is 182 Å². The van der Waals surface area contributed by atoms with E-state index in [1.165, 1.54) is 82.8 Å². The Morgan fingerprint density at radius 2 is 1.16 bits per heavy atom. The fourth-order valence-corrected chi connectivity index (χ4v) is 7.92. The lowest BCUT2D eigenvalue weighted by molar-refractivity contribution is 0.858. The Bertz CT molecular complexity index is 2770. The number of aromatic nitrogens is 2. The van der Waals surface area contributed by atoms with Crippen LogP contribution in [0.25, 0.3) is 66.1 Å². The molecule has 0 spiro atoms. The van der Waals surface area contributed by atoms with E-state index in [1.54, 1.807) is 0 Å². The maximum atomic E-state index is 3.19. The Morgan fingerprint density at radius 3 is 1.90 bits per heavy atom. The van der Waals surface area contributed by atoms with Gasteiger partial charge in [0.2, 0.25) is 0 Å². The van der Waals surface area contributed by atoms with Gasteiger partial charge >= 0.3 is 0 Å². The summed E-state index contributed by atoms with van der Waals surface area (Å²) in [4.78, 5) is 0. The zero-order chi connectivity index (χ0) is 32.3. The monoisotopic (exact) mass is 624 g/mol. The standard InChI is InChI=1S/C47H32N2/c1-2-14-38(15-3-1)48-44-19-8-6-17-40(44)42-30-36(25-27-46(42)48)33-21-23-34(24-22-33)37-26-28-47-43(31-37)41-18-7-9-20-45(41)49(47)39-16-10-13-35(29-39)32-11-4-5-12-32/h1-4,6-23,25-31,34H,24H2. The molecule has 0 saturated heterocycles. The van der Waals surface area contributed by atoms with E-state index in [9.17, 15) is 0 Å². The van der Waals surface area contributed by atoms with Crippen LogP contribution >= 0.6 is 0 Å². The van der Waals surface area contributed by atoms with Crippen molar-refractivity contribution >= 4 is 54.8 Å². The average molecular weight is 625 g/mol. The largest absolute Gasteiger partial charge is 0.309 e. The Morgan fingerprint density at radius 1 is 0.510 bits per heavy atom. The topological polar surface area (TPSA) is 9.86 Å². The van der Waals surface area contributed by atoms with Crippen LogP contribution in [0.1, 0.15) is 29.0 Å². The van der Waals surface area contributed by atoms with Crippen LogP contribution in [0.3, 0.4) is 0 Å². The highest BCUT2D eigenvalue weighted by Crippen LogP contribution is 2.39. The van der Waals surface area contributed by atoms with Gasteiger partial charge in [0.25, 0.3) is 0 Å². The van der Waals surface area contributed by atoms with Crippen molar-refractivity contribution in [3.05, 3.63) is 198 Å². The minimum atomic E-state index is 0.330. The van der Waals surface area contributed by atoms with Crippen LogP contribution in [-0.4, -0.2) is 9.13 Å². The van der Waals surface area contributed by atoms with E-state index in [1.807, 2.05) is 6.08 Å². The van der Waals surface area contributed by atoms with E-state index in [0.29, 0.717) is 5.92 Å². The van der Waals surface area contributed by atoms with Gasteiger partial charge in [0.05, 0.1) is 22.1 Å². The van der Waals surface area contributed by atoms with Gasteiger partial charge < -0.3 is 9.13 Å². The number of hydrogen-bond acceptors (Lipinski definition) is 0. The summed E-state index contributed by atoms with van der Waals surface area (Å²) in [6.07, 6.45) is 14.3. The second-order valence-corrected chi connectivity index (χ2v) is 13.1. The van der Waals surface area contributed by atoms with E-state index in [-0.39, 0.29) is 0 Å².